The van der Waals surface area contributed by atoms with E-state index in [0.29, 0.717) is 0 Å². The van der Waals surface area contributed by atoms with E-state index in [2.05, 4.69) is 36.6 Å². The first-order valence-electron chi connectivity index (χ1n) is 6.79. The minimum atomic E-state index is -0.170. The van der Waals surface area contributed by atoms with E-state index in [1.807, 2.05) is 6.92 Å². The van der Waals surface area contributed by atoms with Crippen LogP contribution in [0.5, 0.6) is 0 Å². The minimum absolute atomic E-state index is 0.0823. The van der Waals surface area contributed by atoms with Gasteiger partial charge in [-0.3, -0.25) is 4.79 Å². The third-order valence-corrected chi connectivity index (χ3v) is 3.60. The number of carbonyl (C=O) groups excluding carboxylic acids is 1. The zero-order valence-corrected chi connectivity index (χ0v) is 11.5. The molecule has 0 saturated carbocycles. The summed E-state index contributed by atoms with van der Waals surface area (Å²) in [5.41, 5.74) is 4.47. The number of amides is 1. The van der Waals surface area contributed by atoms with Crippen molar-refractivity contribution in [3.8, 4) is 0 Å². The average molecular weight is 246 g/mol. The molecule has 3 nitrogen and oxygen atoms in total. The fourth-order valence-electron chi connectivity index (χ4n) is 2.51. The molecule has 0 spiro atoms. The van der Waals surface area contributed by atoms with E-state index in [4.69, 9.17) is 0 Å². The van der Waals surface area contributed by atoms with Gasteiger partial charge in [-0.2, -0.15) is 0 Å². The van der Waals surface area contributed by atoms with Crippen molar-refractivity contribution in [2.45, 2.75) is 46.1 Å². The molecule has 0 bridgehead atoms. The first-order valence-corrected chi connectivity index (χ1v) is 6.79. The number of rotatable bonds is 5. The summed E-state index contributed by atoms with van der Waals surface area (Å²) in [6, 6.07) is 3.99. The van der Waals surface area contributed by atoms with Gasteiger partial charge in [0.2, 0.25) is 5.91 Å². The Morgan fingerprint density at radius 2 is 1.94 bits per heavy atom. The van der Waals surface area contributed by atoms with E-state index in [9.17, 15) is 4.79 Å². The highest BCUT2D eigenvalue weighted by Crippen LogP contribution is 2.35. The van der Waals surface area contributed by atoms with Crippen LogP contribution in [0, 0.1) is 13.8 Å². The molecule has 3 heteroatoms. The summed E-state index contributed by atoms with van der Waals surface area (Å²) in [7, 11) is 0. The molecule has 1 amide bonds. The molecule has 2 rings (SSSR count). The Morgan fingerprint density at radius 3 is 2.67 bits per heavy atom. The van der Waals surface area contributed by atoms with Crippen LogP contribution in [0.15, 0.2) is 12.1 Å². The number of aryl methyl sites for hydroxylation is 2. The van der Waals surface area contributed by atoms with Gasteiger partial charge in [-0.15, -0.1) is 0 Å². The van der Waals surface area contributed by atoms with Gasteiger partial charge in [0.05, 0.1) is 0 Å². The van der Waals surface area contributed by atoms with E-state index in [1.54, 1.807) is 0 Å². The third kappa shape index (κ3) is 2.41. The summed E-state index contributed by atoms with van der Waals surface area (Å²) in [5.74, 6) is 0.0823. The normalized spacial score (nSPS) is 17.7. The Labute approximate surface area is 109 Å². The van der Waals surface area contributed by atoms with Gasteiger partial charge in [-0.25, -0.2) is 0 Å². The fraction of sp³-hybridized carbons (Fsp3) is 0.533. The monoisotopic (exact) mass is 246 g/mol. The van der Waals surface area contributed by atoms with Crippen molar-refractivity contribution >= 4 is 11.6 Å². The molecule has 18 heavy (non-hydrogen) atoms. The van der Waals surface area contributed by atoms with Crippen LogP contribution in [0.3, 0.4) is 0 Å². The second-order valence-electron chi connectivity index (χ2n) is 5.07. The Kier molecular flexibility index (Phi) is 4.02. The van der Waals surface area contributed by atoms with Crippen LogP contribution in [0.4, 0.5) is 5.69 Å². The molecule has 1 aromatic carbocycles. The molecule has 0 aromatic heterocycles. The van der Waals surface area contributed by atoms with Crippen LogP contribution in [0.25, 0.3) is 0 Å². The van der Waals surface area contributed by atoms with Crippen LogP contribution < -0.4 is 10.6 Å². The lowest BCUT2D eigenvalue weighted by Gasteiger charge is -2.13. The molecule has 1 aliphatic rings. The summed E-state index contributed by atoms with van der Waals surface area (Å²) in [4.78, 5) is 12.0. The Bertz CT molecular complexity index is 454. The maximum atomic E-state index is 12.0. The molecular formula is C15H22N2O. The third-order valence-electron chi connectivity index (χ3n) is 3.60. The van der Waals surface area contributed by atoms with Gasteiger partial charge < -0.3 is 10.6 Å². The van der Waals surface area contributed by atoms with Crippen molar-refractivity contribution in [2.24, 2.45) is 0 Å². The predicted molar refractivity (Wildman–Crippen MR) is 74.8 cm³/mol. The van der Waals surface area contributed by atoms with Gasteiger partial charge in [-0.1, -0.05) is 31.9 Å². The SMILES string of the molecule is CCCCCNC1C(=O)Nc2c(C)ccc(C)c21. The molecule has 0 fully saturated rings. The van der Waals surface area contributed by atoms with Crippen LogP contribution >= 0.6 is 0 Å². The lowest BCUT2D eigenvalue weighted by atomic mass is 9.99. The van der Waals surface area contributed by atoms with E-state index in [1.165, 1.54) is 18.4 Å². The van der Waals surface area contributed by atoms with Crippen molar-refractivity contribution in [1.29, 1.82) is 0 Å². The van der Waals surface area contributed by atoms with Gasteiger partial charge >= 0.3 is 0 Å². The van der Waals surface area contributed by atoms with Crippen LogP contribution in [-0.4, -0.2) is 12.5 Å². The van der Waals surface area contributed by atoms with Crippen molar-refractivity contribution in [3.05, 3.63) is 28.8 Å². The standard InChI is InChI=1S/C15H22N2O/c1-4-5-6-9-16-14-12-10(2)7-8-11(3)13(12)17-15(14)18/h7-8,14,16H,4-6,9H2,1-3H3,(H,17,18). The maximum Gasteiger partial charge on any atom is 0.246 e. The van der Waals surface area contributed by atoms with E-state index in [0.717, 1.165) is 29.8 Å². The number of fused-ring (bicyclic) bond motifs is 1. The molecule has 0 aliphatic carbocycles. The number of hydrogen-bond acceptors (Lipinski definition) is 2. The minimum Gasteiger partial charge on any atom is -0.324 e. The summed E-state index contributed by atoms with van der Waals surface area (Å²) in [5, 5.41) is 6.37. The molecule has 1 aliphatic heterocycles. The molecular weight excluding hydrogens is 224 g/mol. The Hall–Kier alpha value is -1.35. The molecule has 0 saturated heterocycles. The smallest absolute Gasteiger partial charge is 0.246 e. The molecule has 2 N–H and O–H groups in total. The number of hydrogen-bond donors (Lipinski definition) is 2. The number of benzene rings is 1. The van der Waals surface area contributed by atoms with Crippen LogP contribution in [0.2, 0.25) is 0 Å². The Morgan fingerprint density at radius 1 is 1.22 bits per heavy atom. The molecule has 1 aromatic rings. The highest BCUT2D eigenvalue weighted by molar-refractivity contribution is 6.03. The maximum absolute atomic E-state index is 12.0. The molecule has 98 valence electrons. The lowest BCUT2D eigenvalue weighted by molar-refractivity contribution is -0.117. The van der Waals surface area contributed by atoms with Gasteiger partial charge in [-0.05, 0) is 37.9 Å². The van der Waals surface area contributed by atoms with Crippen molar-refractivity contribution < 1.29 is 4.79 Å². The molecule has 1 unspecified atom stereocenters. The number of nitrogens with one attached hydrogen (secondary N) is 2. The molecule has 1 atom stereocenters. The topological polar surface area (TPSA) is 41.1 Å². The van der Waals surface area contributed by atoms with E-state index < -0.39 is 0 Å². The van der Waals surface area contributed by atoms with Crippen molar-refractivity contribution in [3.63, 3.8) is 0 Å². The molecule has 0 radical (unpaired) electrons. The first kappa shape index (κ1) is 13.1. The second-order valence-corrected chi connectivity index (χ2v) is 5.07. The van der Waals surface area contributed by atoms with Crippen molar-refractivity contribution in [1.82, 2.24) is 5.32 Å². The summed E-state index contributed by atoms with van der Waals surface area (Å²) in [6.07, 6.45) is 3.54. The van der Waals surface area contributed by atoms with E-state index >= 15 is 0 Å². The van der Waals surface area contributed by atoms with Gasteiger partial charge in [0.25, 0.3) is 0 Å². The average Bonchev–Trinajstić information content (AvgIpc) is 2.68. The quantitative estimate of drug-likeness (QED) is 0.784. The van der Waals surface area contributed by atoms with Crippen LogP contribution in [-0.2, 0) is 4.79 Å². The summed E-state index contributed by atoms with van der Waals surface area (Å²) >= 11 is 0. The second kappa shape index (κ2) is 5.53. The lowest BCUT2D eigenvalue weighted by Crippen LogP contribution is -2.28. The van der Waals surface area contributed by atoms with Gasteiger partial charge in [0.15, 0.2) is 0 Å². The number of unbranched alkanes of at least 4 members (excludes halogenated alkanes) is 2. The number of anilines is 1. The number of carbonyl (C=O) groups is 1. The fourth-order valence-corrected chi connectivity index (χ4v) is 2.51. The van der Waals surface area contributed by atoms with Crippen LogP contribution in [0.1, 0.15) is 48.9 Å². The zero-order valence-electron chi connectivity index (χ0n) is 11.5. The largest absolute Gasteiger partial charge is 0.324 e. The van der Waals surface area contributed by atoms with E-state index in [-0.39, 0.29) is 11.9 Å². The highest BCUT2D eigenvalue weighted by atomic mass is 16.2. The Balaban J connectivity index is 2.14. The van der Waals surface area contributed by atoms with Crippen molar-refractivity contribution in [2.75, 3.05) is 11.9 Å². The highest BCUT2D eigenvalue weighted by Gasteiger charge is 2.32. The van der Waals surface area contributed by atoms with Gasteiger partial charge in [0, 0.05) is 11.3 Å². The zero-order chi connectivity index (χ0) is 13.1. The summed E-state index contributed by atoms with van der Waals surface area (Å²) in [6.45, 7) is 7.20. The predicted octanol–water partition coefficient (Wildman–Crippen LogP) is 3.08. The summed E-state index contributed by atoms with van der Waals surface area (Å²) < 4.78 is 0. The first-order chi connectivity index (χ1) is 8.65. The molecule has 1 heterocycles. The van der Waals surface area contributed by atoms with Gasteiger partial charge in [0.1, 0.15) is 6.04 Å².